The number of benzene rings is 1. The smallest absolute Gasteiger partial charge is 0.247 e. The number of rotatable bonds is 3. The number of carbonyl (C=O) groups is 4. The number of nitrogens with one attached hydrogen (secondary N) is 2. The van der Waals surface area contributed by atoms with Crippen LogP contribution in [0, 0.1) is 12.3 Å². The number of likely N-dealkylation sites (N-methyl/N-ethyl adjacent to an activating group) is 1. The Balaban J connectivity index is 1.44. The fraction of sp³-hybridized carbons (Fsp3) is 0.533. The van der Waals surface area contributed by atoms with Gasteiger partial charge in [0.1, 0.15) is 12.6 Å². The Morgan fingerprint density at radius 2 is 1.88 bits per heavy atom. The Bertz CT molecular complexity index is 1560. The first-order chi connectivity index (χ1) is 19.7. The molecular formula is C30H36N6O5. The van der Waals surface area contributed by atoms with Crippen LogP contribution >= 0.6 is 0 Å². The first-order valence-corrected chi connectivity index (χ1v) is 14.5. The van der Waals surface area contributed by atoms with Crippen LogP contribution in [0.25, 0.3) is 22.4 Å². The Morgan fingerprint density at radius 3 is 2.59 bits per heavy atom. The van der Waals surface area contributed by atoms with E-state index in [9.17, 15) is 19.2 Å². The van der Waals surface area contributed by atoms with Crippen molar-refractivity contribution in [1.82, 2.24) is 30.3 Å². The molecule has 2 N–H and O–H groups in total. The van der Waals surface area contributed by atoms with Crippen LogP contribution in [0.5, 0.6) is 0 Å². The fourth-order valence-corrected chi connectivity index (χ4v) is 6.84. The lowest BCUT2D eigenvalue weighted by Gasteiger charge is -2.26. The highest BCUT2D eigenvalue weighted by Gasteiger charge is 2.66. The maximum Gasteiger partial charge on any atom is 0.247 e. The van der Waals surface area contributed by atoms with Crippen LogP contribution in [-0.4, -0.2) is 68.8 Å². The minimum Gasteiger partial charge on any atom is -0.421 e. The second-order valence-electron chi connectivity index (χ2n) is 11.8. The largest absolute Gasteiger partial charge is 0.421 e. The van der Waals surface area contributed by atoms with Crippen molar-refractivity contribution in [2.75, 3.05) is 13.6 Å². The van der Waals surface area contributed by atoms with Crippen molar-refractivity contribution in [3.63, 3.8) is 0 Å². The molecule has 3 aromatic rings. The number of ketones is 1. The summed E-state index contributed by atoms with van der Waals surface area (Å²) in [6, 6.07) is 3.20. The zero-order valence-corrected chi connectivity index (χ0v) is 23.8. The summed E-state index contributed by atoms with van der Waals surface area (Å²) in [5, 5.41) is 14.7. The summed E-state index contributed by atoms with van der Waals surface area (Å²) >= 11 is 0. The summed E-state index contributed by atoms with van der Waals surface area (Å²) in [6.07, 6.45) is 7.78. The molecule has 11 nitrogen and oxygen atoms in total. The van der Waals surface area contributed by atoms with Crippen molar-refractivity contribution >= 4 is 34.4 Å². The molecule has 2 aliphatic heterocycles. The van der Waals surface area contributed by atoms with Gasteiger partial charge in [-0.2, -0.15) is 0 Å². The molecule has 1 saturated heterocycles. The molecule has 1 aliphatic carbocycles. The molecule has 3 atom stereocenters. The predicted octanol–water partition coefficient (Wildman–Crippen LogP) is 2.93. The maximum atomic E-state index is 14.0. The summed E-state index contributed by atoms with van der Waals surface area (Å²) < 4.78 is 7.59. The normalized spacial score (nSPS) is 25.0. The van der Waals surface area contributed by atoms with Gasteiger partial charge in [0.05, 0.1) is 5.52 Å². The number of amides is 3. The molecule has 2 aromatic heterocycles. The molecule has 1 aromatic carbocycles. The van der Waals surface area contributed by atoms with Crippen LogP contribution in [0.1, 0.15) is 73.7 Å². The van der Waals surface area contributed by atoms with Crippen LogP contribution in [-0.2, 0) is 27.3 Å². The lowest BCUT2D eigenvalue weighted by molar-refractivity contribution is -0.140. The number of nitrogens with zero attached hydrogens (tertiary/aromatic N) is 4. The van der Waals surface area contributed by atoms with Crippen LogP contribution in [0.2, 0.25) is 0 Å². The standard InChI is InChI=1S/C30H36N6O5/c1-17(37)22-14-35-15-26(39)36-23(28(40)31-3)12-30(13-24(30)36)16-32-25(38)9-7-5-4-6-8-19-10-20(11-21(22)27(19)35)29-34-33-18(2)41-29/h10-11,14,23-24H,4-9,12-13,15-16H2,1-3H3,(H,31,40)(H,32,38)/t23-,24+,30-/m0/s1. The summed E-state index contributed by atoms with van der Waals surface area (Å²) in [6.45, 7) is 3.73. The number of aryl methyl sites for hydroxylation is 2. The van der Waals surface area contributed by atoms with Gasteiger partial charge >= 0.3 is 0 Å². The minimum atomic E-state index is -0.594. The number of carbonyl (C=O) groups excluding carboxylic acids is 4. The number of hydrogen-bond donors (Lipinski definition) is 2. The van der Waals surface area contributed by atoms with Crippen LogP contribution in [0.4, 0.5) is 0 Å². The molecule has 4 heterocycles. The van der Waals surface area contributed by atoms with Crippen molar-refractivity contribution in [3.8, 4) is 11.5 Å². The highest BCUT2D eigenvalue weighted by molar-refractivity contribution is 6.09. The van der Waals surface area contributed by atoms with Crippen molar-refractivity contribution in [3.05, 3.63) is 35.3 Å². The van der Waals surface area contributed by atoms with E-state index in [-0.39, 0.29) is 41.5 Å². The predicted molar refractivity (Wildman–Crippen MR) is 150 cm³/mol. The van der Waals surface area contributed by atoms with Gasteiger partial charge in [-0.1, -0.05) is 12.8 Å². The van der Waals surface area contributed by atoms with Crippen molar-refractivity contribution in [2.45, 2.75) is 83.8 Å². The van der Waals surface area contributed by atoms with E-state index >= 15 is 0 Å². The van der Waals surface area contributed by atoms with Gasteiger partial charge < -0.3 is 24.5 Å². The third-order valence-electron chi connectivity index (χ3n) is 9.00. The van der Waals surface area contributed by atoms with Gasteiger partial charge in [-0.05, 0) is 56.7 Å². The van der Waals surface area contributed by atoms with E-state index in [4.69, 9.17) is 4.42 Å². The third-order valence-corrected chi connectivity index (χ3v) is 9.00. The first kappa shape index (κ1) is 27.2. The molecule has 216 valence electrons. The molecule has 11 heteroatoms. The van der Waals surface area contributed by atoms with Gasteiger partial charge in [-0.3, -0.25) is 19.2 Å². The topological polar surface area (TPSA) is 139 Å². The van der Waals surface area contributed by atoms with Gasteiger partial charge in [0.15, 0.2) is 5.78 Å². The molecule has 41 heavy (non-hydrogen) atoms. The molecule has 0 unspecified atom stereocenters. The van der Waals surface area contributed by atoms with Gasteiger partial charge in [0.2, 0.25) is 29.5 Å². The molecule has 2 bridgehead atoms. The van der Waals surface area contributed by atoms with Gasteiger partial charge in [-0.25, -0.2) is 0 Å². The Morgan fingerprint density at radius 1 is 1.10 bits per heavy atom. The lowest BCUT2D eigenvalue weighted by atomic mass is 9.98. The summed E-state index contributed by atoms with van der Waals surface area (Å²) in [5.74, 6) is 0.372. The third kappa shape index (κ3) is 4.91. The van der Waals surface area contributed by atoms with Crippen LogP contribution < -0.4 is 10.6 Å². The summed E-state index contributed by atoms with van der Waals surface area (Å²) in [4.78, 5) is 54.0. The van der Waals surface area contributed by atoms with Gasteiger partial charge in [0.25, 0.3) is 0 Å². The first-order valence-electron chi connectivity index (χ1n) is 14.5. The zero-order valence-electron chi connectivity index (χ0n) is 23.8. The Hall–Kier alpha value is -4.02. The minimum absolute atomic E-state index is 0.00221. The SMILES string of the molecule is CNC(=O)[C@@H]1C[C@]23CNC(=O)CCCCCCc4cc(-c5nnc(C)o5)cc5c(C(C)=O)cn(c45)CC(=O)N1[C@@H]2C3. The van der Waals surface area contributed by atoms with E-state index in [0.717, 1.165) is 60.6 Å². The number of Topliss-reactive ketones (excluding diaryl/α,β-unsaturated/α-hetero) is 1. The monoisotopic (exact) mass is 560 g/mol. The van der Waals surface area contributed by atoms with Crippen molar-refractivity contribution in [1.29, 1.82) is 0 Å². The van der Waals surface area contributed by atoms with Gasteiger partial charge in [-0.15, -0.1) is 10.2 Å². The molecule has 0 spiro atoms. The van der Waals surface area contributed by atoms with Gasteiger partial charge in [0, 0.05) is 61.1 Å². The number of hydrogen-bond acceptors (Lipinski definition) is 7. The highest BCUT2D eigenvalue weighted by Crippen LogP contribution is 2.59. The zero-order chi connectivity index (χ0) is 28.9. The summed E-state index contributed by atoms with van der Waals surface area (Å²) in [5.41, 5.74) is 2.80. The molecule has 1 saturated carbocycles. The summed E-state index contributed by atoms with van der Waals surface area (Å²) in [7, 11) is 1.58. The lowest BCUT2D eigenvalue weighted by Crippen LogP contribution is -2.48. The molecule has 2 fully saturated rings. The van der Waals surface area contributed by atoms with Crippen molar-refractivity contribution in [2.24, 2.45) is 5.41 Å². The van der Waals surface area contributed by atoms with E-state index in [1.54, 1.807) is 25.1 Å². The second kappa shape index (κ2) is 10.4. The van der Waals surface area contributed by atoms with E-state index < -0.39 is 6.04 Å². The number of piperidine rings is 1. The molecule has 3 amide bonds. The molecular weight excluding hydrogens is 524 g/mol. The van der Waals surface area contributed by atoms with Crippen molar-refractivity contribution < 1.29 is 23.6 Å². The number of aromatic nitrogens is 3. The molecule has 6 rings (SSSR count). The average molecular weight is 561 g/mol. The second-order valence-corrected chi connectivity index (χ2v) is 11.8. The quantitative estimate of drug-likeness (QED) is 0.470. The Kier molecular flexibility index (Phi) is 6.91. The van der Waals surface area contributed by atoms with Crippen LogP contribution in [0.15, 0.2) is 22.7 Å². The van der Waals surface area contributed by atoms with E-state index in [2.05, 4.69) is 20.8 Å². The van der Waals surface area contributed by atoms with Crippen LogP contribution in [0.3, 0.4) is 0 Å². The maximum absolute atomic E-state index is 14.0. The average Bonchev–Trinajstić information content (AvgIpc) is 3.23. The Labute approximate surface area is 238 Å². The van der Waals surface area contributed by atoms with E-state index in [0.29, 0.717) is 36.7 Å². The fourth-order valence-electron chi connectivity index (χ4n) is 6.84. The molecule has 3 aliphatic rings. The molecule has 0 radical (unpaired) electrons. The van der Waals surface area contributed by atoms with E-state index in [1.165, 1.54) is 6.92 Å². The highest BCUT2D eigenvalue weighted by atomic mass is 16.4. The van der Waals surface area contributed by atoms with E-state index in [1.807, 2.05) is 16.7 Å².